The molecular formula is C12H25NO2S. The molecule has 0 aromatic heterocycles. The first-order valence-electron chi connectivity index (χ1n) is 6.39. The van der Waals surface area contributed by atoms with Crippen molar-refractivity contribution in [1.29, 1.82) is 0 Å². The summed E-state index contributed by atoms with van der Waals surface area (Å²) in [6.45, 7) is 3.83. The Hall–Kier alpha value is 0.0700. The Labute approximate surface area is 102 Å². The van der Waals surface area contributed by atoms with E-state index >= 15 is 0 Å². The summed E-state index contributed by atoms with van der Waals surface area (Å²) >= 11 is 0. The average Bonchev–Trinajstić information content (AvgIpc) is 2.33. The van der Waals surface area contributed by atoms with Gasteiger partial charge in [0.2, 0.25) is 0 Å². The van der Waals surface area contributed by atoms with Crippen molar-refractivity contribution in [2.45, 2.75) is 50.3 Å². The predicted octanol–water partition coefficient (Wildman–Crippen LogP) is 1.69. The van der Waals surface area contributed by atoms with Gasteiger partial charge in [0.15, 0.2) is 0 Å². The molecular weight excluding hydrogens is 222 g/mol. The molecule has 1 N–H and O–H groups in total. The summed E-state index contributed by atoms with van der Waals surface area (Å²) in [6, 6.07) is 0.464. The molecule has 1 saturated carbocycles. The second-order valence-electron chi connectivity index (χ2n) is 4.46. The van der Waals surface area contributed by atoms with Crippen LogP contribution < -0.4 is 5.32 Å². The Kier molecular flexibility index (Phi) is 7.25. The standard InChI is InChI=1S/C12H25NO2S/c1-3-8-13-11-6-4-5-7-12(11)16(14)10-9-15-2/h11-13H,3-10H2,1-2H3. The molecule has 0 radical (unpaired) electrons. The van der Waals surface area contributed by atoms with Gasteiger partial charge >= 0.3 is 0 Å². The number of ether oxygens (including phenoxy) is 1. The summed E-state index contributed by atoms with van der Waals surface area (Å²) in [7, 11) is 0.944. The van der Waals surface area contributed by atoms with Gasteiger partial charge in [0.05, 0.1) is 11.9 Å². The summed E-state index contributed by atoms with van der Waals surface area (Å²) in [4.78, 5) is 0. The quantitative estimate of drug-likeness (QED) is 0.744. The van der Waals surface area contributed by atoms with Crippen LogP contribution in [0.5, 0.6) is 0 Å². The molecule has 0 bridgehead atoms. The first-order chi connectivity index (χ1) is 7.79. The van der Waals surface area contributed by atoms with Gasteiger partial charge in [0, 0.05) is 29.7 Å². The van der Waals surface area contributed by atoms with Crippen molar-refractivity contribution in [2.75, 3.05) is 26.0 Å². The van der Waals surface area contributed by atoms with Crippen molar-refractivity contribution >= 4 is 10.8 Å². The van der Waals surface area contributed by atoms with Crippen LogP contribution in [0.2, 0.25) is 0 Å². The molecule has 0 aliphatic heterocycles. The van der Waals surface area contributed by atoms with Crippen LogP contribution in [0.1, 0.15) is 39.0 Å². The second-order valence-corrected chi connectivity index (χ2v) is 6.24. The largest absolute Gasteiger partial charge is 0.384 e. The highest BCUT2D eigenvalue weighted by Crippen LogP contribution is 2.23. The molecule has 3 atom stereocenters. The molecule has 1 aliphatic rings. The molecule has 0 saturated heterocycles. The highest BCUT2D eigenvalue weighted by atomic mass is 32.2. The first kappa shape index (κ1) is 14.1. The monoisotopic (exact) mass is 247 g/mol. The lowest BCUT2D eigenvalue weighted by Crippen LogP contribution is -2.45. The summed E-state index contributed by atoms with van der Waals surface area (Å²) in [5, 5.41) is 3.89. The number of methoxy groups -OCH3 is 1. The Bertz CT molecular complexity index is 211. The fourth-order valence-corrected chi connectivity index (χ4v) is 3.95. The van der Waals surface area contributed by atoms with Gasteiger partial charge in [-0.05, 0) is 25.8 Å². The molecule has 4 heteroatoms. The number of hydrogen-bond donors (Lipinski definition) is 1. The van der Waals surface area contributed by atoms with Crippen LogP contribution in [0.25, 0.3) is 0 Å². The van der Waals surface area contributed by atoms with Gasteiger partial charge in [-0.3, -0.25) is 4.21 Å². The third-order valence-electron chi connectivity index (χ3n) is 3.19. The minimum Gasteiger partial charge on any atom is -0.384 e. The van der Waals surface area contributed by atoms with Gasteiger partial charge in [-0.25, -0.2) is 0 Å². The smallest absolute Gasteiger partial charge is 0.0577 e. The van der Waals surface area contributed by atoms with Gasteiger partial charge in [0.1, 0.15) is 0 Å². The van der Waals surface area contributed by atoms with Crippen molar-refractivity contribution in [3.8, 4) is 0 Å². The zero-order valence-corrected chi connectivity index (χ0v) is 11.4. The molecule has 1 aliphatic carbocycles. The van der Waals surface area contributed by atoms with Crippen LogP contribution in [0.3, 0.4) is 0 Å². The van der Waals surface area contributed by atoms with E-state index in [9.17, 15) is 4.21 Å². The molecule has 1 rings (SSSR count). The molecule has 16 heavy (non-hydrogen) atoms. The lowest BCUT2D eigenvalue weighted by molar-refractivity contribution is 0.217. The van der Waals surface area contributed by atoms with Crippen molar-refractivity contribution in [3.63, 3.8) is 0 Å². The molecule has 96 valence electrons. The minimum atomic E-state index is -0.727. The Morgan fingerprint density at radius 3 is 2.81 bits per heavy atom. The molecule has 0 heterocycles. The van der Waals surface area contributed by atoms with Gasteiger partial charge in [-0.2, -0.15) is 0 Å². The van der Waals surface area contributed by atoms with Gasteiger partial charge in [0.25, 0.3) is 0 Å². The third-order valence-corrected chi connectivity index (χ3v) is 4.99. The Morgan fingerprint density at radius 2 is 2.12 bits per heavy atom. The van der Waals surface area contributed by atoms with Crippen LogP contribution >= 0.6 is 0 Å². The molecule has 3 unspecified atom stereocenters. The number of nitrogens with one attached hydrogen (secondary N) is 1. The minimum absolute atomic E-state index is 0.343. The van der Waals surface area contributed by atoms with E-state index in [-0.39, 0.29) is 0 Å². The maximum Gasteiger partial charge on any atom is 0.0577 e. The average molecular weight is 247 g/mol. The SMILES string of the molecule is CCCNC1CCCCC1S(=O)CCOC. The lowest BCUT2D eigenvalue weighted by atomic mass is 9.95. The molecule has 0 aromatic rings. The molecule has 1 fully saturated rings. The fourth-order valence-electron chi connectivity index (χ4n) is 2.29. The van der Waals surface area contributed by atoms with E-state index in [1.165, 1.54) is 19.3 Å². The normalized spacial score (nSPS) is 27.9. The van der Waals surface area contributed by atoms with Crippen LogP contribution in [-0.2, 0) is 15.5 Å². The van der Waals surface area contributed by atoms with Crippen LogP contribution in [0.15, 0.2) is 0 Å². The molecule has 3 nitrogen and oxygen atoms in total. The third kappa shape index (κ3) is 4.52. The zero-order chi connectivity index (χ0) is 11.8. The Balaban J connectivity index is 2.42. The highest BCUT2D eigenvalue weighted by Gasteiger charge is 2.28. The van der Waals surface area contributed by atoms with Crippen molar-refractivity contribution in [2.24, 2.45) is 0 Å². The Morgan fingerprint density at radius 1 is 1.38 bits per heavy atom. The highest BCUT2D eigenvalue weighted by molar-refractivity contribution is 7.85. The van der Waals surface area contributed by atoms with E-state index in [1.807, 2.05) is 0 Å². The van der Waals surface area contributed by atoms with Crippen molar-refractivity contribution in [1.82, 2.24) is 5.32 Å². The maximum atomic E-state index is 12.1. The zero-order valence-electron chi connectivity index (χ0n) is 10.5. The lowest BCUT2D eigenvalue weighted by Gasteiger charge is -2.31. The first-order valence-corrected chi connectivity index (χ1v) is 7.77. The van der Waals surface area contributed by atoms with Gasteiger partial charge in [-0.15, -0.1) is 0 Å². The van der Waals surface area contributed by atoms with E-state index in [0.717, 1.165) is 19.4 Å². The van der Waals surface area contributed by atoms with E-state index in [2.05, 4.69) is 12.2 Å². The van der Waals surface area contributed by atoms with Gasteiger partial charge < -0.3 is 10.1 Å². The van der Waals surface area contributed by atoms with E-state index < -0.39 is 10.8 Å². The predicted molar refractivity (Wildman–Crippen MR) is 69.2 cm³/mol. The van der Waals surface area contributed by atoms with Crippen molar-refractivity contribution < 1.29 is 8.95 Å². The molecule has 0 aromatic carbocycles. The summed E-state index contributed by atoms with van der Waals surface area (Å²) in [5.74, 6) is 0.686. The number of hydrogen-bond acceptors (Lipinski definition) is 3. The summed E-state index contributed by atoms with van der Waals surface area (Å²) in [5.41, 5.74) is 0. The number of rotatable bonds is 7. The van der Waals surface area contributed by atoms with Crippen LogP contribution in [0.4, 0.5) is 0 Å². The molecule has 0 amide bonds. The summed E-state index contributed by atoms with van der Waals surface area (Å²) < 4.78 is 17.1. The summed E-state index contributed by atoms with van der Waals surface area (Å²) in [6.07, 6.45) is 5.95. The maximum absolute atomic E-state index is 12.1. The van der Waals surface area contributed by atoms with Gasteiger partial charge in [-0.1, -0.05) is 19.8 Å². The van der Waals surface area contributed by atoms with E-state index in [0.29, 0.717) is 23.7 Å². The van der Waals surface area contributed by atoms with Crippen LogP contribution in [-0.4, -0.2) is 41.5 Å². The van der Waals surface area contributed by atoms with E-state index in [4.69, 9.17) is 4.74 Å². The second kappa shape index (κ2) is 8.20. The van der Waals surface area contributed by atoms with Crippen LogP contribution in [0, 0.1) is 0 Å². The fraction of sp³-hybridized carbons (Fsp3) is 1.00. The van der Waals surface area contributed by atoms with Crippen molar-refractivity contribution in [3.05, 3.63) is 0 Å². The topological polar surface area (TPSA) is 38.3 Å². The van der Waals surface area contributed by atoms with E-state index in [1.54, 1.807) is 7.11 Å². The molecule has 0 spiro atoms.